The molecule has 4 fully saturated rings. The molecule has 1 saturated heterocycles. The molecule has 6 rings (SSSR count). The van der Waals surface area contributed by atoms with Crippen LogP contribution < -0.4 is 14.4 Å². The molecule has 1 aromatic rings. The Morgan fingerprint density at radius 1 is 0.897 bits per heavy atom. The number of allylic oxidation sites excluding steroid dienone is 2. The standard InChI is InChI=1S/C24H27NO4/c1-3-28-14-7-8-18(29-4-2)17(10-14)25-23(26)21-15-11-16(22(21)24(25)27)20-13-6-5-12(9-13)19(15)20/h5-8,10,12-13,15-16,19-22H,3-4,9,11H2,1-2H3. The first-order valence-electron chi connectivity index (χ1n) is 11.1. The van der Waals surface area contributed by atoms with Crippen LogP contribution in [0.15, 0.2) is 30.4 Å². The van der Waals surface area contributed by atoms with Crippen LogP contribution in [0.3, 0.4) is 0 Å². The lowest BCUT2D eigenvalue weighted by Gasteiger charge is -2.36. The maximum Gasteiger partial charge on any atom is 0.238 e. The van der Waals surface area contributed by atoms with E-state index in [1.54, 1.807) is 6.07 Å². The van der Waals surface area contributed by atoms with E-state index in [1.165, 1.54) is 11.3 Å². The molecule has 0 spiro atoms. The van der Waals surface area contributed by atoms with Crippen molar-refractivity contribution in [1.82, 2.24) is 0 Å². The summed E-state index contributed by atoms with van der Waals surface area (Å²) in [4.78, 5) is 28.6. The summed E-state index contributed by atoms with van der Waals surface area (Å²) in [5, 5.41) is 0. The molecule has 8 unspecified atom stereocenters. The Bertz CT molecular complexity index is 881. The first-order chi connectivity index (χ1) is 14.1. The summed E-state index contributed by atoms with van der Waals surface area (Å²) in [5.41, 5.74) is 0.549. The molecule has 1 heterocycles. The number of hydrogen-bond donors (Lipinski definition) is 0. The summed E-state index contributed by atoms with van der Waals surface area (Å²) in [5.74, 6) is 4.08. The Labute approximate surface area is 171 Å². The maximum atomic E-state index is 13.6. The molecule has 8 atom stereocenters. The molecule has 3 saturated carbocycles. The molecule has 0 N–H and O–H groups in total. The van der Waals surface area contributed by atoms with Crippen molar-refractivity contribution in [3.8, 4) is 11.5 Å². The minimum atomic E-state index is -0.147. The Morgan fingerprint density at radius 2 is 1.52 bits per heavy atom. The first-order valence-corrected chi connectivity index (χ1v) is 11.1. The van der Waals surface area contributed by atoms with E-state index in [2.05, 4.69) is 12.2 Å². The van der Waals surface area contributed by atoms with E-state index in [9.17, 15) is 9.59 Å². The Morgan fingerprint density at radius 3 is 2.10 bits per heavy atom. The average Bonchev–Trinajstić information content (AvgIpc) is 3.50. The minimum absolute atomic E-state index is 0.0210. The summed E-state index contributed by atoms with van der Waals surface area (Å²) in [6, 6.07) is 5.44. The van der Waals surface area contributed by atoms with Gasteiger partial charge in [0.15, 0.2) is 0 Å². The van der Waals surface area contributed by atoms with Crippen molar-refractivity contribution in [1.29, 1.82) is 0 Å². The molecule has 1 aromatic carbocycles. The van der Waals surface area contributed by atoms with Crippen LogP contribution in [0.1, 0.15) is 26.7 Å². The van der Waals surface area contributed by atoms with Gasteiger partial charge in [-0.25, -0.2) is 4.90 Å². The third kappa shape index (κ3) is 2.16. The topological polar surface area (TPSA) is 55.8 Å². The van der Waals surface area contributed by atoms with Gasteiger partial charge >= 0.3 is 0 Å². The SMILES string of the molecule is CCOc1ccc(OCC)c(N2C(=O)C3C4CC(C3C2=O)C2C3C=CC(C3)C42)c1. The van der Waals surface area contributed by atoms with Gasteiger partial charge in [-0.3, -0.25) is 9.59 Å². The summed E-state index contributed by atoms with van der Waals surface area (Å²) in [6.45, 7) is 4.84. The second-order valence-electron chi connectivity index (χ2n) is 9.23. The monoisotopic (exact) mass is 393 g/mol. The van der Waals surface area contributed by atoms with Crippen LogP contribution in [0.25, 0.3) is 0 Å². The van der Waals surface area contributed by atoms with Gasteiger partial charge in [-0.15, -0.1) is 0 Å². The van der Waals surface area contributed by atoms with Gasteiger partial charge in [0.1, 0.15) is 11.5 Å². The molecule has 4 bridgehead atoms. The van der Waals surface area contributed by atoms with Crippen LogP contribution in [-0.4, -0.2) is 25.0 Å². The van der Waals surface area contributed by atoms with Crippen molar-refractivity contribution < 1.29 is 19.1 Å². The third-order valence-corrected chi connectivity index (χ3v) is 8.22. The van der Waals surface area contributed by atoms with Crippen molar-refractivity contribution in [3.63, 3.8) is 0 Å². The molecular weight excluding hydrogens is 366 g/mol. The van der Waals surface area contributed by atoms with E-state index in [-0.39, 0.29) is 23.7 Å². The maximum absolute atomic E-state index is 13.6. The van der Waals surface area contributed by atoms with Gasteiger partial charge in [0.2, 0.25) is 11.8 Å². The van der Waals surface area contributed by atoms with E-state index in [1.807, 2.05) is 26.0 Å². The normalized spacial score (nSPS) is 40.7. The third-order valence-electron chi connectivity index (χ3n) is 8.22. The Kier molecular flexibility index (Phi) is 3.69. The van der Waals surface area contributed by atoms with Gasteiger partial charge in [0.05, 0.1) is 30.7 Å². The van der Waals surface area contributed by atoms with Crippen molar-refractivity contribution in [2.45, 2.75) is 26.7 Å². The van der Waals surface area contributed by atoms with Crippen LogP contribution in [0, 0.1) is 47.3 Å². The van der Waals surface area contributed by atoms with Gasteiger partial charge < -0.3 is 9.47 Å². The minimum Gasteiger partial charge on any atom is -0.494 e. The zero-order valence-corrected chi connectivity index (χ0v) is 16.9. The predicted molar refractivity (Wildman–Crippen MR) is 108 cm³/mol. The molecule has 5 heteroatoms. The number of fused-ring (bicyclic) bond motifs is 12. The smallest absolute Gasteiger partial charge is 0.238 e. The van der Waals surface area contributed by atoms with E-state index in [0.29, 0.717) is 65.9 Å². The molecule has 0 aromatic heterocycles. The Balaban J connectivity index is 1.38. The fourth-order valence-electron chi connectivity index (χ4n) is 7.56. The zero-order valence-electron chi connectivity index (χ0n) is 16.9. The highest BCUT2D eigenvalue weighted by Gasteiger charge is 2.71. The lowest BCUT2D eigenvalue weighted by molar-refractivity contribution is -0.123. The van der Waals surface area contributed by atoms with E-state index < -0.39 is 0 Å². The Hall–Kier alpha value is -2.30. The number of amides is 2. The number of anilines is 1. The van der Waals surface area contributed by atoms with E-state index >= 15 is 0 Å². The van der Waals surface area contributed by atoms with E-state index in [4.69, 9.17) is 9.47 Å². The second kappa shape index (κ2) is 6.10. The highest BCUT2D eigenvalue weighted by atomic mass is 16.5. The number of ether oxygens (including phenoxy) is 2. The number of imide groups is 1. The lowest BCUT2D eigenvalue weighted by Crippen LogP contribution is -2.38. The fraction of sp³-hybridized carbons (Fsp3) is 0.583. The molecule has 0 radical (unpaired) electrons. The van der Waals surface area contributed by atoms with Crippen LogP contribution >= 0.6 is 0 Å². The van der Waals surface area contributed by atoms with Gasteiger partial charge in [0.25, 0.3) is 0 Å². The number of nitrogens with zero attached hydrogens (tertiary/aromatic N) is 1. The number of carbonyl (C=O) groups excluding carboxylic acids is 2. The van der Waals surface area contributed by atoms with E-state index in [0.717, 1.165) is 6.42 Å². The van der Waals surface area contributed by atoms with Crippen LogP contribution in [0.2, 0.25) is 0 Å². The van der Waals surface area contributed by atoms with Crippen molar-refractivity contribution in [2.75, 3.05) is 18.1 Å². The van der Waals surface area contributed by atoms with Gasteiger partial charge in [-0.1, -0.05) is 12.2 Å². The first kappa shape index (κ1) is 17.5. The molecule has 1 aliphatic heterocycles. The highest BCUT2D eigenvalue weighted by molar-refractivity contribution is 6.23. The summed E-state index contributed by atoms with van der Waals surface area (Å²) in [6.07, 6.45) is 7.04. The summed E-state index contributed by atoms with van der Waals surface area (Å²) >= 11 is 0. The molecular formula is C24H27NO4. The molecule has 4 aliphatic carbocycles. The quantitative estimate of drug-likeness (QED) is 0.435. The predicted octanol–water partition coefficient (Wildman–Crippen LogP) is 3.68. The van der Waals surface area contributed by atoms with Crippen molar-refractivity contribution in [3.05, 3.63) is 30.4 Å². The largest absolute Gasteiger partial charge is 0.494 e. The average molecular weight is 393 g/mol. The van der Waals surface area contributed by atoms with Gasteiger partial charge in [0, 0.05) is 6.07 Å². The van der Waals surface area contributed by atoms with Crippen molar-refractivity contribution >= 4 is 17.5 Å². The second-order valence-corrected chi connectivity index (χ2v) is 9.23. The molecule has 5 nitrogen and oxygen atoms in total. The highest BCUT2D eigenvalue weighted by Crippen LogP contribution is 2.70. The number of carbonyl (C=O) groups is 2. The van der Waals surface area contributed by atoms with Crippen LogP contribution in [0.4, 0.5) is 5.69 Å². The fourth-order valence-corrected chi connectivity index (χ4v) is 7.56. The van der Waals surface area contributed by atoms with Crippen LogP contribution in [-0.2, 0) is 9.59 Å². The number of hydrogen-bond acceptors (Lipinski definition) is 4. The summed E-state index contributed by atoms with van der Waals surface area (Å²) in [7, 11) is 0. The van der Waals surface area contributed by atoms with Crippen LogP contribution in [0.5, 0.6) is 11.5 Å². The van der Waals surface area contributed by atoms with Gasteiger partial charge in [-0.2, -0.15) is 0 Å². The van der Waals surface area contributed by atoms with Gasteiger partial charge in [-0.05, 0) is 74.3 Å². The van der Waals surface area contributed by atoms with Crippen molar-refractivity contribution in [2.24, 2.45) is 47.3 Å². The lowest BCUT2D eigenvalue weighted by atomic mass is 9.65. The number of rotatable bonds is 5. The molecule has 2 amide bonds. The molecule has 5 aliphatic rings. The molecule has 152 valence electrons. The zero-order chi connectivity index (χ0) is 19.9. The number of benzene rings is 1. The summed E-state index contributed by atoms with van der Waals surface area (Å²) < 4.78 is 11.4. The molecule has 29 heavy (non-hydrogen) atoms.